The maximum absolute atomic E-state index is 12.6. The first kappa shape index (κ1) is 19.2. The van der Waals surface area contributed by atoms with E-state index in [1.54, 1.807) is 4.90 Å². The van der Waals surface area contributed by atoms with Crippen molar-refractivity contribution >= 4 is 17.9 Å². The number of nitrogens with one attached hydrogen (secondary N) is 1. The number of fused-ring (bicyclic) bond motifs is 1. The Hall–Kier alpha value is -2.61. The van der Waals surface area contributed by atoms with Crippen LogP contribution in [0.25, 0.3) is 0 Å². The van der Waals surface area contributed by atoms with Crippen molar-refractivity contribution in [1.82, 2.24) is 15.1 Å². The number of ether oxygens (including phenoxy) is 1. The highest BCUT2D eigenvalue weighted by molar-refractivity contribution is 5.97. The molecule has 1 aromatic rings. The average Bonchev–Trinajstić information content (AvgIpc) is 2.70. The summed E-state index contributed by atoms with van der Waals surface area (Å²) >= 11 is 0. The first-order valence-corrected chi connectivity index (χ1v) is 9.36. The molecule has 0 unspecified atom stereocenters. The molecule has 0 saturated carbocycles. The second-order valence-electron chi connectivity index (χ2n) is 6.88. The highest BCUT2D eigenvalue weighted by Crippen LogP contribution is 2.19. The monoisotopic (exact) mass is 374 g/mol. The summed E-state index contributed by atoms with van der Waals surface area (Å²) in [7, 11) is 0. The van der Waals surface area contributed by atoms with Crippen LogP contribution in [0.5, 0.6) is 0 Å². The van der Waals surface area contributed by atoms with Crippen molar-refractivity contribution in [2.24, 2.45) is 5.73 Å². The Bertz CT molecular complexity index is 682. The molecule has 2 atom stereocenters. The van der Waals surface area contributed by atoms with Crippen LogP contribution in [0, 0.1) is 0 Å². The minimum absolute atomic E-state index is 0.0751. The number of carbonyl (C=O) groups excluding carboxylic acids is 3. The van der Waals surface area contributed by atoms with E-state index in [-0.39, 0.29) is 25.0 Å². The van der Waals surface area contributed by atoms with Crippen LogP contribution in [-0.2, 0) is 20.9 Å². The van der Waals surface area contributed by atoms with Crippen molar-refractivity contribution in [2.45, 2.75) is 38.0 Å². The predicted octanol–water partition coefficient (Wildman–Crippen LogP) is 0.463. The van der Waals surface area contributed by atoms with E-state index in [4.69, 9.17) is 10.5 Å². The molecule has 8 heteroatoms. The number of nitrogens with two attached hydrogens (primary N) is 1. The summed E-state index contributed by atoms with van der Waals surface area (Å²) in [4.78, 5) is 40.5. The molecule has 2 aliphatic rings. The highest BCUT2D eigenvalue weighted by atomic mass is 16.6. The first-order chi connectivity index (χ1) is 13.1. The molecule has 0 spiro atoms. The van der Waals surface area contributed by atoms with Gasteiger partial charge in [0, 0.05) is 13.1 Å². The van der Waals surface area contributed by atoms with Gasteiger partial charge in [0.25, 0.3) is 0 Å². The quantitative estimate of drug-likeness (QED) is 0.704. The van der Waals surface area contributed by atoms with E-state index in [0.717, 1.165) is 18.4 Å². The van der Waals surface area contributed by atoms with E-state index in [1.807, 2.05) is 30.3 Å². The Balaban J connectivity index is 1.54. The van der Waals surface area contributed by atoms with Crippen LogP contribution in [0.15, 0.2) is 30.3 Å². The molecule has 0 aliphatic carbocycles. The SMILES string of the molecule is NCCCC[C@@H]1NC(=O)[C@H]2CN(C(=O)OCc3ccccc3)CCN2C1=O. The average molecular weight is 374 g/mol. The number of unbranched alkanes of at least 4 members (excludes halogenated alkanes) is 1. The van der Waals surface area contributed by atoms with Crippen LogP contribution >= 0.6 is 0 Å². The summed E-state index contributed by atoms with van der Waals surface area (Å²) in [6.07, 6.45) is 1.74. The van der Waals surface area contributed by atoms with Gasteiger partial charge in [0.1, 0.15) is 18.7 Å². The summed E-state index contributed by atoms with van der Waals surface area (Å²) in [5, 5.41) is 2.79. The lowest BCUT2D eigenvalue weighted by atomic mass is 10.0. The smallest absolute Gasteiger partial charge is 0.410 e. The van der Waals surface area contributed by atoms with Gasteiger partial charge in [-0.2, -0.15) is 0 Å². The Morgan fingerprint density at radius 2 is 1.96 bits per heavy atom. The summed E-state index contributed by atoms with van der Waals surface area (Å²) < 4.78 is 5.34. The first-order valence-electron chi connectivity index (χ1n) is 9.36. The van der Waals surface area contributed by atoms with Gasteiger partial charge in [-0.05, 0) is 31.4 Å². The van der Waals surface area contributed by atoms with Gasteiger partial charge < -0.3 is 25.6 Å². The topological polar surface area (TPSA) is 105 Å². The van der Waals surface area contributed by atoms with Crippen LogP contribution in [-0.4, -0.2) is 66.0 Å². The van der Waals surface area contributed by atoms with Gasteiger partial charge in [-0.15, -0.1) is 0 Å². The Morgan fingerprint density at radius 3 is 2.70 bits per heavy atom. The zero-order valence-corrected chi connectivity index (χ0v) is 15.3. The van der Waals surface area contributed by atoms with Gasteiger partial charge in [0.15, 0.2) is 0 Å². The third-order valence-electron chi connectivity index (χ3n) is 4.99. The lowest BCUT2D eigenvalue weighted by Crippen LogP contribution is -2.69. The van der Waals surface area contributed by atoms with Gasteiger partial charge in [-0.25, -0.2) is 4.79 Å². The molecular weight excluding hydrogens is 348 g/mol. The van der Waals surface area contributed by atoms with E-state index in [0.29, 0.717) is 26.1 Å². The zero-order chi connectivity index (χ0) is 19.2. The maximum atomic E-state index is 12.6. The lowest BCUT2D eigenvalue weighted by Gasteiger charge is -2.44. The van der Waals surface area contributed by atoms with Crippen LogP contribution in [0.2, 0.25) is 0 Å². The molecule has 3 N–H and O–H groups in total. The van der Waals surface area contributed by atoms with Gasteiger partial charge in [-0.1, -0.05) is 30.3 Å². The van der Waals surface area contributed by atoms with Crippen molar-refractivity contribution in [1.29, 1.82) is 0 Å². The molecule has 0 bridgehead atoms. The van der Waals surface area contributed by atoms with E-state index in [1.165, 1.54) is 4.90 Å². The molecule has 27 heavy (non-hydrogen) atoms. The third kappa shape index (κ3) is 4.57. The predicted molar refractivity (Wildman–Crippen MR) is 98.5 cm³/mol. The number of nitrogens with zero attached hydrogens (tertiary/aromatic N) is 2. The minimum Gasteiger partial charge on any atom is -0.445 e. The Kier molecular flexibility index (Phi) is 6.28. The second kappa shape index (κ2) is 8.85. The molecule has 2 fully saturated rings. The standard InChI is InChI=1S/C19H26N4O4/c20-9-5-4-8-15-18(25)23-11-10-22(12-16(23)17(24)21-15)19(26)27-13-14-6-2-1-3-7-14/h1-3,6-7,15-16H,4-5,8-13,20H2,(H,21,24)/t15-,16+/m0/s1. The van der Waals surface area contributed by atoms with Crippen molar-refractivity contribution in [3.8, 4) is 0 Å². The molecule has 2 saturated heterocycles. The fraction of sp³-hybridized carbons (Fsp3) is 0.526. The molecule has 2 aliphatic heterocycles. The van der Waals surface area contributed by atoms with Crippen molar-refractivity contribution < 1.29 is 19.1 Å². The van der Waals surface area contributed by atoms with Crippen molar-refractivity contribution in [2.75, 3.05) is 26.2 Å². The van der Waals surface area contributed by atoms with Gasteiger partial charge in [0.05, 0.1) is 6.54 Å². The maximum Gasteiger partial charge on any atom is 0.410 e. The summed E-state index contributed by atoms with van der Waals surface area (Å²) in [5.74, 6) is -0.290. The number of hydrogen-bond acceptors (Lipinski definition) is 5. The van der Waals surface area contributed by atoms with Crippen molar-refractivity contribution in [3.63, 3.8) is 0 Å². The van der Waals surface area contributed by atoms with Gasteiger partial charge in [-0.3, -0.25) is 9.59 Å². The van der Waals surface area contributed by atoms with Gasteiger partial charge >= 0.3 is 6.09 Å². The number of piperazine rings is 2. The van der Waals surface area contributed by atoms with Crippen LogP contribution < -0.4 is 11.1 Å². The highest BCUT2D eigenvalue weighted by Gasteiger charge is 2.44. The number of hydrogen-bond donors (Lipinski definition) is 2. The molecule has 3 amide bonds. The van der Waals surface area contributed by atoms with Crippen molar-refractivity contribution in [3.05, 3.63) is 35.9 Å². The number of benzene rings is 1. The fourth-order valence-electron chi connectivity index (χ4n) is 3.47. The number of amides is 3. The third-order valence-corrected chi connectivity index (χ3v) is 4.99. The van der Waals surface area contributed by atoms with Gasteiger partial charge in [0.2, 0.25) is 11.8 Å². The van der Waals surface area contributed by atoms with E-state index in [9.17, 15) is 14.4 Å². The van der Waals surface area contributed by atoms with Crippen LogP contribution in [0.1, 0.15) is 24.8 Å². The zero-order valence-electron chi connectivity index (χ0n) is 15.3. The molecule has 0 aromatic heterocycles. The molecule has 3 rings (SSSR count). The summed E-state index contributed by atoms with van der Waals surface area (Å²) in [6, 6.07) is 8.27. The van der Waals surface area contributed by atoms with E-state index < -0.39 is 18.2 Å². The number of carbonyl (C=O) groups is 3. The molecule has 1 aromatic carbocycles. The molecule has 2 heterocycles. The Labute approximate surface area is 158 Å². The lowest BCUT2D eigenvalue weighted by molar-refractivity contribution is -0.152. The largest absolute Gasteiger partial charge is 0.445 e. The molecular formula is C19H26N4O4. The van der Waals surface area contributed by atoms with E-state index in [2.05, 4.69) is 5.32 Å². The normalized spacial score (nSPS) is 22.3. The second-order valence-corrected chi connectivity index (χ2v) is 6.88. The summed E-state index contributed by atoms with van der Waals surface area (Å²) in [6.45, 7) is 1.60. The van der Waals surface area contributed by atoms with E-state index >= 15 is 0 Å². The Morgan fingerprint density at radius 1 is 1.19 bits per heavy atom. The molecule has 0 radical (unpaired) electrons. The molecule has 146 valence electrons. The molecule has 8 nitrogen and oxygen atoms in total. The van der Waals surface area contributed by atoms with Crippen LogP contribution in [0.4, 0.5) is 4.79 Å². The van der Waals surface area contributed by atoms with Crippen LogP contribution in [0.3, 0.4) is 0 Å². The fourth-order valence-corrected chi connectivity index (χ4v) is 3.47. The number of rotatable bonds is 6. The minimum atomic E-state index is -0.652. The summed E-state index contributed by atoms with van der Waals surface area (Å²) in [5.41, 5.74) is 6.38.